The molecule has 128 valence electrons. The molecule has 1 atom stereocenters. The zero-order valence-electron chi connectivity index (χ0n) is 14.1. The standard InChI is InChI=1S/C18H20N6O/c1-14-18(25)22(11-8-15-6-3-2-4-7-15)12-16-20-21-17(24(14)16)13-23-10-5-9-19-23/h2-7,9-10,14H,8,11-13H2,1H3/t14-/m1/s1. The molecule has 1 amide bonds. The fraction of sp³-hybridized carbons (Fsp3) is 0.333. The van der Waals surface area contributed by atoms with Gasteiger partial charge in [-0.15, -0.1) is 10.2 Å². The third-order valence-electron chi connectivity index (χ3n) is 4.60. The van der Waals surface area contributed by atoms with E-state index in [4.69, 9.17) is 0 Å². The summed E-state index contributed by atoms with van der Waals surface area (Å²) in [6.45, 7) is 3.62. The van der Waals surface area contributed by atoms with Crippen LogP contribution in [0.15, 0.2) is 48.8 Å². The Labute approximate surface area is 145 Å². The van der Waals surface area contributed by atoms with Gasteiger partial charge in [-0.2, -0.15) is 5.10 Å². The highest BCUT2D eigenvalue weighted by molar-refractivity contribution is 5.81. The maximum Gasteiger partial charge on any atom is 0.245 e. The molecule has 0 unspecified atom stereocenters. The lowest BCUT2D eigenvalue weighted by atomic mass is 10.1. The molecular weight excluding hydrogens is 316 g/mol. The van der Waals surface area contributed by atoms with Crippen molar-refractivity contribution < 1.29 is 4.79 Å². The van der Waals surface area contributed by atoms with Crippen molar-refractivity contribution in [3.63, 3.8) is 0 Å². The van der Waals surface area contributed by atoms with Crippen LogP contribution in [0.3, 0.4) is 0 Å². The SMILES string of the molecule is C[C@@H]1C(=O)N(CCc2ccccc2)Cc2nnc(Cn3cccn3)n21. The van der Waals surface area contributed by atoms with Gasteiger partial charge < -0.3 is 4.90 Å². The Morgan fingerprint density at radius 1 is 1.16 bits per heavy atom. The number of carbonyl (C=O) groups excluding carboxylic acids is 1. The van der Waals surface area contributed by atoms with Crippen molar-refractivity contribution in [3.05, 3.63) is 66.0 Å². The third kappa shape index (κ3) is 3.05. The molecule has 1 aromatic carbocycles. The van der Waals surface area contributed by atoms with Gasteiger partial charge in [0, 0.05) is 18.9 Å². The van der Waals surface area contributed by atoms with Gasteiger partial charge in [0.15, 0.2) is 11.6 Å². The van der Waals surface area contributed by atoms with Crippen LogP contribution in [-0.4, -0.2) is 41.9 Å². The smallest absolute Gasteiger partial charge is 0.245 e. The van der Waals surface area contributed by atoms with Crippen LogP contribution in [0.1, 0.15) is 30.2 Å². The zero-order chi connectivity index (χ0) is 17.2. The third-order valence-corrected chi connectivity index (χ3v) is 4.60. The Bertz CT molecular complexity index is 855. The summed E-state index contributed by atoms with van der Waals surface area (Å²) in [6, 6.07) is 11.8. The van der Waals surface area contributed by atoms with Crippen molar-refractivity contribution in [1.82, 2.24) is 29.4 Å². The number of hydrogen-bond donors (Lipinski definition) is 0. The summed E-state index contributed by atoms with van der Waals surface area (Å²) in [5, 5.41) is 12.8. The first-order valence-corrected chi connectivity index (χ1v) is 8.45. The van der Waals surface area contributed by atoms with Gasteiger partial charge in [-0.25, -0.2) is 0 Å². The summed E-state index contributed by atoms with van der Waals surface area (Å²) in [5.74, 6) is 1.72. The van der Waals surface area contributed by atoms with E-state index in [2.05, 4.69) is 27.4 Å². The lowest BCUT2D eigenvalue weighted by Gasteiger charge is -2.32. The fourth-order valence-corrected chi connectivity index (χ4v) is 3.28. The van der Waals surface area contributed by atoms with Gasteiger partial charge in [-0.3, -0.25) is 14.0 Å². The highest BCUT2D eigenvalue weighted by Gasteiger charge is 2.32. The predicted octanol–water partition coefficient (Wildman–Crippen LogP) is 1.67. The van der Waals surface area contributed by atoms with Crippen LogP contribution >= 0.6 is 0 Å². The van der Waals surface area contributed by atoms with E-state index in [-0.39, 0.29) is 11.9 Å². The van der Waals surface area contributed by atoms with Gasteiger partial charge in [-0.1, -0.05) is 30.3 Å². The molecule has 2 aromatic heterocycles. The molecule has 1 aliphatic heterocycles. The molecule has 1 aliphatic rings. The van der Waals surface area contributed by atoms with E-state index in [9.17, 15) is 4.79 Å². The summed E-state index contributed by atoms with van der Waals surface area (Å²) < 4.78 is 3.74. The fourth-order valence-electron chi connectivity index (χ4n) is 3.28. The number of carbonyl (C=O) groups is 1. The van der Waals surface area contributed by atoms with Crippen LogP contribution in [0.4, 0.5) is 0 Å². The van der Waals surface area contributed by atoms with E-state index in [0.717, 1.165) is 18.1 Å². The topological polar surface area (TPSA) is 68.8 Å². The molecule has 0 spiro atoms. The maximum atomic E-state index is 12.8. The van der Waals surface area contributed by atoms with Crippen molar-refractivity contribution in [3.8, 4) is 0 Å². The molecule has 0 fully saturated rings. The second kappa shape index (κ2) is 6.51. The Balaban J connectivity index is 1.51. The van der Waals surface area contributed by atoms with Crippen molar-refractivity contribution in [1.29, 1.82) is 0 Å². The molecule has 4 rings (SSSR count). The largest absolute Gasteiger partial charge is 0.333 e. The Hall–Kier alpha value is -2.96. The molecule has 0 saturated carbocycles. The minimum absolute atomic E-state index is 0.116. The first-order valence-electron chi connectivity index (χ1n) is 8.45. The number of rotatable bonds is 5. The second-order valence-corrected chi connectivity index (χ2v) is 6.28. The van der Waals surface area contributed by atoms with Crippen molar-refractivity contribution >= 4 is 5.91 Å². The van der Waals surface area contributed by atoms with Gasteiger partial charge >= 0.3 is 0 Å². The minimum Gasteiger partial charge on any atom is -0.333 e. The molecule has 7 nitrogen and oxygen atoms in total. The number of amides is 1. The van der Waals surface area contributed by atoms with E-state index in [1.54, 1.807) is 10.9 Å². The normalized spacial score (nSPS) is 16.9. The predicted molar refractivity (Wildman–Crippen MR) is 91.6 cm³/mol. The van der Waals surface area contributed by atoms with Crippen LogP contribution in [0.5, 0.6) is 0 Å². The molecule has 25 heavy (non-hydrogen) atoms. The molecule has 0 saturated heterocycles. The summed E-state index contributed by atoms with van der Waals surface area (Å²) in [7, 11) is 0. The average molecular weight is 336 g/mol. The van der Waals surface area contributed by atoms with Gasteiger partial charge in [0.2, 0.25) is 5.91 Å². The van der Waals surface area contributed by atoms with Crippen LogP contribution in [0.2, 0.25) is 0 Å². The van der Waals surface area contributed by atoms with Crippen LogP contribution < -0.4 is 0 Å². The van der Waals surface area contributed by atoms with Crippen LogP contribution in [0, 0.1) is 0 Å². The highest BCUT2D eigenvalue weighted by atomic mass is 16.2. The van der Waals surface area contributed by atoms with Gasteiger partial charge in [0.25, 0.3) is 0 Å². The van der Waals surface area contributed by atoms with Gasteiger partial charge in [0.05, 0.1) is 6.54 Å². The van der Waals surface area contributed by atoms with E-state index < -0.39 is 0 Å². The van der Waals surface area contributed by atoms with E-state index >= 15 is 0 Å². The number of fused-ring (bicyclic) bond motifs is 1. The zero-order valence-corrected chi connectivity index (χ0v) is 14.1. The van der Waals surface area contributed by atoms with Gasteiger partial charge in [-0.05, 0) is 25.0 Å². The van der Waals surface area contributed by atoms with E-state index in [1.807, 2.05) is 46.9 Å². The molecular formula is C18H20N6O. The monoisotopic (exact) mass is 336 g/mol. The van der Waals surface area contributed by atoms with Crippen molar-refractivity contribution in [2.45, 2.75) is 32.5 Å². The Morgan fingerprint density at radius 2 is 2.00 bits per heavy atom. The van der Waals surface area contributed by atoms with Crippen molar-refractivity contribution in [2.24, 2.45) is 0 Å². The lowest BCUT2D eigenvalue weighted by Crippen LogP contribution is -2.43. The molecule has 0 radical (unpaired) electrons. The summed E-state index contributed by atoms with van der Waals surface area (Å²) >= 11 is 0. The molecule has 0 aliphatic carbocycles. The number of hydrogen-bond acceptors (Lipinski definition) is 4. The molecule has 7 heteroatoms. The minimum atomic E-state index is -0.292. The quantitative estimate of drug-likeness (QED) is 0.711. The highest BCUT2D eigenvalue weighted by Crippen LogP contribution is 2.23. The van der Waals surface area contributed by atoms with Crippen LogP contribution in [-0.2, 0) is 24.3 Å². The second-order valence-electron chi connectivity index (χ2n) is 6.28. The van der Waals surface area contributed by atoms with E-state index in [0.29, 0.717) is 19.6 Å². The molecule has 3 heterocycles. The van der Waals surface area contributed by atoms with E-state index in [1.165, 1.54) is 5.56 Å². The Kier molecular flexibility index (Phi) is 4.05. The number of benzene rings is 1. The molecule has 0 N–H and O–H groups in total. The summed E-state index contributed by atoms with van der Waals surface area (Å²) in [5.41, 5.74) is 1.23. The summed E-state index contributed by atoms with van der Waals surface area (Å²) in [6.07, 6.45) is 4.45. The van der Waals surface area contributed by atoms with Crippen LogP contribution in [0.25, 0.3) is 0 Å². The first kappa shape index (κ1) is 15.6. The number of nitrogens with zero attached hydrogens (tertiary/aromatic N) is 6. The summed E-state index contributed by atoms with van der Waals surface area (Å²) in [4.78, 5) is 14.7. The maximum absolute atomic E-state index is 12.8. The van der Waals surface area contributed by atoms with Crippen molar-refractivity contribution in [2.75, 3.05) is 6.54 Å². The number of aromatic nitrogens is 5. The first-order chi connectivity index (χ1) is 12.2. The molecule has 0 bridgehead atoms. The Morgan fingerprint density at radius 3 is 2.76 bits per heavy atom. The lowest BCUT2D eigenvalue weighted by molar-refractivity contribution is -0.137. The molecule has 3 aromatic rings. The van der Waals surface area contributed by atoms with Gasteiger partial charge in [0.1, 0.15) is 12.6 Å². The average Bonchev–Trinajstić information content (AvgIpc) is 3.28.